The second-order valence-corrected chi connectivity index (χ2v) is 1.95. The molecule has 0 saturated carbocycles. The average molecular weight is 102 g/mol. The zero-order valence-electron chi connectivity index (χ0n) is 4.39. The van der Waals surface area contributed by atoms with Crippen LogP contribution in [0.1, 0.15) is 19.8 Å². The van der Waals surface area contributed by atoms with Crippen molar-refractivity contribution in [2.45, 2.75) is 25.8 Å². The lowest BCUT2D eigenvalue weighted by molar-refractivity contribution is 0.0462. The highest BCUT2D eigenvalue weighted by Crippen LogP contribution is 2.19. The van der Waals surface area contributed by atoms with Crippen LogP contribution in [0.3, 0.4) is 0 Å². The van der Waals surface area contributed by atoms with Gasteiger partial charge in [-0.2, -0.15) is 0 Å². The molecule has 1 heterocycles. The van der Waals surface area contributed by atoms with Crippen LogP contribution in [0.25, 0.3) is 0 Å². The topological polar surface area (TPSA) is 3.24 Å². The Labute approximate surface area is 43.1 Å². The van der Waals surface area contributed by atoms with Gasteiger partial charge in [0.05, 0.1) is 6.54 Å². The number of hydrogen-bond donors (Lipinski definition) is 0. The van der Waals surface area contributed by atoms with E-state index in [1.165, 1.54) is 0 Å². The molecule has 1 aliphatic rings. The molecule has 0 aromatic carbocycles. The fourth-order valence-electron chi connectivity index (χ4n) is 0.742. The molecule has 41 valence electrons. The normalized spacial score (nSPS) is 34.3. The smallest absolute Gasteiger partial charge is 0.0587 e. The highest BCUT2D eigenvalue weighted by molar-refractivity contribution is 4.76. The molecule has 1 unspecified atom stereocenters. The summed E-state index contributed by atoms with van der Waals surface area (Å²) in [5, 5.41) is 0.778. The van der Waals surface area contributed by atoms with Crippen molar-refractivity contribution in [1.29, 1.82) is 0 Å². The molecule has 0 aromatic rings. The Kier molecular flexibility index (Phi) is 1.28. The first-order valence-corrected chi connectivity index (χ1v) is 2.58. The molecule has 1 nitrogen and oxygen atoms in total. The molecule has 0 spiro atoms. The molecule has 1 aliphatic heterocycles. The molecule has 1 atom stereocenters. The van der Waals surface area contributed by atoms with Gasteiger partial charge in [0, 0.05) is 6.04 Å². The second kappa shape index (κ2) is 1.78. The molecule has 1 rings (SSSR count). The van der Waals surface area contributed by atoms with Crippen LogP contribution in [0.15, 0.2) is 0 Å². The van der Waals surface area contributed by atoms with Gasteiger partial charge in [-0.25, -0.2) is 0 Å². The molecule has 1 fully saturated rings. The standard InChI is InChI=1S/C5H9FN/c1-5-3-2-4-7(5)6/h4-5H,2-3H2,1H3. The Morgan fingerprint density at radius 1 is 1.86 bits per heavy atom. The fraction of sp³-hybridized carbons (Fsp3) is 0.800. The Bertz CT molecular complexity index is 57.1. The molecule has 2 heteroatoms. The predicted molar refractivity (Wildman–Crippen MR) is 25.9 cm³/mol. The first-order chi connectivity index (χ1) is 3.30. The van der Waals surface area contributed by atoms with Crippen molar-refractivity contribution in [2.75, 3.05) is 0 Å². The van der Waals surface area contributed by atoms with Gasteiger partial charge in [0.15, 0.2) is 0 Å². The van der Waals surface area contributed by atoms with E-state index in [0.717, 1.165) is 18.0 Å². The maximum Gasteiger partial charge on any atom is 0.0587 e. The van der Waals surface area contributed by atoms with E-state index in [9.17, 15) is 4.48 Å². The SMILES string of the molecule is CC1CC[CH]N1F. The number of hydrogen-bond acceptors (Lipinski definition) is 1. The van der Waals surface area contributed by atoms with Crippen LogP contribution in [0.2, 0.25) is 0 Å². The first-order valence-electron chi connectivity index (χ1n) is 2.58. The quantitative estimate of drug-likeness (QED) is 0.419. The third kappa shape index (κ3) is 0.911. The van der Waals surface area contributed by atoms with Crippen molar-refractivity contribution in [3.05, 3.63) is 6.54 Å². The predicted octanol–water partition coefficient (Wildman–Crippen LogP) is 1.52. The highest BCUT2D eigenvalue weighted by atomic mass is 19.2. The second-order valence-electron chi connectivity index (χ2n) is 1.95. The minimum absolute atomic E-state index is 0.125. The van der Waals surface area contributed by atoms with E-state index in [1.807, 2.05) is 6.92 Å². The van der Waals surface area contributed by atoms with E-state index < -0.39 is 0 Å². The van der Waals surface area contributed by atoms with Gasteiger partial charge in [0.25, 0.3) is 0 Å². The van der Waals surface area contributed by atoms with Crippen LogP contribution in [0.5, 0.6) is 0 Å². The van der Waals surface area contributed by atoms with Crippen LogP contribution < -0.4 is 0 Å². The van der Waals surface area contributed by atoms with Crippen LogP contribution in [0.4, 0.5) is 4.48 Å². The zero-order valence-corrected chi connectivity index (χ0v) is 4.39. The van der Waals surface area contributed by atoms with E-state index in [-0.39, 0.29) is 6.04 Å². The van der Waals surface area contributed by atoms with Crippen molar-refractivity contribution in [2.24, 2.45) is 0 Å². The number of nitrogens with zero attached hydrogens (tertiary/aromatic N) is 1. The number of halogens is 1. The minimum Gasteiger partial charge on any atom is -0.139 e. The van der Waals surface area contributed by atoms with Gasteiger partial charge in [-0.05, 0) is 19.8 Å². The fourth-order valence-corrected chi connectivity index (χ4v) is 0.742. The molecular weight excluding hydrogens is 93.1 g/mol. The van der Waals surface area contributed by atoms with E-state index in [4.69, 9.17) is 0 Å². The lowest BCUT2D eigenvalue weighted by Gasteiger charge is -2.05. The van der Waals surface area contributed by atoms with E-state index >= 15 is 0 Å². The first kappa shape index (κ1) is 5.04. The van der Waals surface area contributed by atoms with E-state index in [0.29, 0.717) is 0 Å². The van der Waals surface area contributed by atoms with E-state index in [2.05, 4.69) is 0 Å². The maximum atomic E-state index is 12.1. The summed E-state index contributed by atoms with van der Waals surface area (Å²) in [6.45, 7) is 3.47. The zero-order chi connectivity index (χ0) is 5.28. The third-order valence-electron chi connectivity index (χ3n) is 1.31. The third-order valence-corrected chi connectivity index (χ3v) is 1.31. The van der Waals surface area contributed by atoms with Gasteiger partial charge in [-0.15, -0.1) is 9.60 Å². The van der Waals surface area contributed by atoms with Crippen molar-refractivity contribution in [1.82, 2.24) is 5.12 Å². The molecule has 1 radical (unpaired) electrons. The lowest BCUT2D eigenvalue weighted by atomic mass is 10.3. The molecule has 7 heavy (non-hydrogen) atoms. The average Bonchev–Trinajstić information content (AvgIpc) is 1.91. The number of rotatable bonds is 0. The Morgan fingerprint density at radius 3 is 2.71 bits per heavy atom. The molecule has 1 saturated heterocycles. The van der Waals surface area contributed by atoms with Gasteiger partial charge < -0.3 is 0 Å². The van der Waals surface area contributed by atoms with Gasteiger partial charge in [-0.3, -0.25) is 0 Å². The summed E-state index contributed by atoms with van der Waals surface area (Å²) in [5.41, 5.74) is 0. The highest BCUT2D eigenvalue weighted by Gasteiger charge is 2.19. The Balaban J connectivity index is 2.33. The summed E-state index contributed by atoms with van der Waals surface area (Å²) < 4.78 is 12.1. The largest absolute Gasteiger partial charge is 0.139 e. The lowest BCUT2D eigenvalue weighted by Crippen LogP contribution is -2.13. The van der Waals surface area contributed by atoms with Gasteiger partial charge in [0.2, 0.25) is 0 Å². The van der Waals surface area contributed by atoms with Crippen LogP contribution in [-0.4, -0.2) is 11.2 Å². The minimum atomic E-state index is 0.125. The van der Waals surface area contributed by atoms with Crippen LogP contribution in [0, 0.1) is 6.54 Å². The molecule has 0 amide bonds. The summed E-state index contributed by atoms with van der Waals surface area (Å²) in [6.07, 6.45) is 1.87. The summed E-state index contributed by atoms with van der Waals surface area (Å²) in [5.74, 6) is 0. The Hall–Kier alpha value is -0.110. The summed E-state index contributed by atoms with van der Waals surface area (Å²) >= 11 is 0. The molecule has 0 N–H and O–H groups in total. The summed E-state index contributed by atoms with van der Waals surface area (Å²) in [7, 11) is 0. The van der Waals surface area contributed by atoms with Crippen molar-refractivity contribution in [3.63, 3.8) is 0 Å². The maximum absolute atomic E-state index is 12.1. The molecule has 0 aliphatic carbocycles. The van der Waals surface area contributed by atoms with Gasteiger partial charge in [-0.1, -0.05) is 0 Å². The van der Waals surface area contributed by atoms with Crippen molar-refractivity contribution >= 4 is 0 Å². The van der Waals surface area contributed by atoms with Gasteiger partial charge >= 0.3 is 0 Å². The summed E-state index contributed by atoms with van der Waals surface area (Å²) in [6, 6.07) is 0.125. The van der Waals surface area contributed by atoms with Crippen LogP contribution in [-0.2, 0) is 0 Å². The molecular formula is C5H9FN. The van der Waals surface area contributed by atoms with Gasteiger partial charge in [0.1, 0.15) is 0 Å². The van der Waals surface area contributed by atoms with E-state index in [1.54, 1.807) is 6.54 Å². The van der Waals surface area contributed by atoms with Crippen molar-refractivity contribution in [3.8, 4) is 0 Å². The Morgan fingerprint density at radius 2 is 2.57 bits per heavy atom. The summed E-state index contributed by atoms with van der Waals surface area (Å²) in [4.78, 5) is 0. The molecule has 0 aromatic heterocycles. The monoisotopic (exact) mass is 102 g/mol. The van der Waals surface area contributed by atoms with Crippen LogP contribution >= 0.6 is 0 Å². The molecule has 0 bridgehead atoms. The van der Waals surface area contributed by atoms with Crippen molar-refractivity contribution < 1.29 is 4.48 Å².